The number of hydrogen-bond donors (Lipinski definition) is 2. The highest BCUT2D eigenvalue weighted by Gasteiger charge is 2.25. The number of aromatic nitrogens is 2. The third-order valence-electron chi connectivity index (χ3n) is 5.39. The molecular formula is C19H27N3O5. The van der Waals surface area contributed by atoms with Gasteiger partial charge in [-0.3, -0.25) is 14.8 Å². The molecule has 1 aromatic heterocycles. The molecular weight excluding hydrogens is 350 g/mol. The van der Waals surface area contributed by atoms with Crippen molar-refractivity contribution < 1.29 is 14.6 Å². The molecule has 0 bridgehead atoms. The lowest BCUT2D eigenvalue weighted by Crippen LogP contribution is -2.33. The van der Waals surface area contributed by atoms with Crippen LogP contribution in [0.3, 0.4) is 0 Å². The van der Waals surface area contributed by atoms with Crippen molar-refractivity contribution in [2.75, 3.05) is 14.2 Å². The van der Waals surface area contributed by atoms with Crippen molar-refractivity contribution >= 4 is 11.9 Å². The van der Waals surface area contributed by atoms with E-state index < -0.39 is 17.1 Å². The Kier molecular flexibility index (Phi) is 6.15. The maximum absolute atomic E-state index is 12.4. The summed E-state index contributed by atoms with van der Waals surface area (Å²) in [6.45, 7) is 0. The van der Waals surface area contributed by atoms with Gasteiger partial charge in [-0.1, -0.05) is 12.8 Å². The molecule has 2 atom stereocenters. The van der Waals surface area contributed by atoms with Crippen LogP contribution in [0.15, 0.2) is 20.3 Å². The van der Waals surface area contributed by atoms with Crippen LogP contribution in [0.5, 0.6) is 5.88 Å². The zero-order valence-electron chi connectivity index (χ0n) is 15.9. The van der Waals surface area contributed by atoms with E-state index in [1.165, 1.54) is 6.21 Å². The molecule has 2 unspecified atom stereocenters. The van der Waals surface area contributed by atoms with Gasteiger partial charge in [-0.15, -0.1) is 0 Å². The van der Waals surface area contributed by atoms with E-state index in [0.717, 1.165) is 43.1 Å². The largest absolute Gasteiger partial charge is 0.499 e. The predicted octanol–water partition coefficient (Wildman–Crippen LogP) is 2.01. The van der Waals surface area contributed by atoms with Gasteiger partial charge in [0.05, 0.1) is 25.0 Å². The first-order valence-corrected chi connectivity index (χ1v) is 9.47. The van der Waals surface area contributed by atoms with Crippen molar-refractivity contribution in [3.63, 3.8) is 0 Å². The van der Waals surface area contributed by atoms with E-state index in [-0.39, 0.29) is 17.7 Å². The second kappa shape index (κ2) is 8.56. The highest BCUT2D eigenvalue weighted by Crippen LogP contribution is 2.30. The van der Waals surface area contributed by atoms with E-state index in [1.54, 1.807) is 14.2 Å². The second-order valence-corrected chi connectivity index (χ2v) is 7.02. The quantitative estimate of drug-likeness (QED) is 0.764. The Labute approximate surface area is 157 Å². The molecule has 8 heteroatoms. The number of H-pyrrole nitrogens is 1. The van der Waals surface area contributed by atoms with Crippen molar-refractivity contribution in [3.8, 4) is 5.88 Å². The molecule has 1 saturated carbocycles. The van der Waals surface area contributed by atoms with Crippen molar-refractivity contribution in [3.05, 3.63) is 32.2 Å². The number of aromatic amines is 1. The molecule has 0 amide bonds. The van der Waals surface area contributed by atoms with Crippen LogP contribution >= 0.6 is 0 Å². The Morgan fingerprint density at radius 3 is 2.63 bits per heavy atom. The monoisotopic (exact) mass is 377 g/mol. The zero-order valence-corrected chi connectivity index (χ0v) is 15.9. The van der Waals surface area contributed by atoms with Crippen molar-refractivity contribution in [1.29, 1.82) is 0 Å². The molecule has 27 heavy (non-hydrogen) atoms. The number of aromatic hydroxyl groups is 1. The predicted molar refractivity (Wildman–Crippen MR) is 102 cm³/mol. The van der Waals surface area contributed by atoms with Gasteiger partial charge in [-0.05, 0) is 32.1 Å². The summed E-state index contributed by atoms with van der Waals surface area (Å²) in [5, 5.41) is 10.7. The van der Waals surface area contributed by atoms with Crippen LogP contribution in [-0.2, 0) is 9.47 Å². The molecule has 2 aliphatic carbocycles. The SMILES string of the molecule is COC1=C(n2c(O)c(C=NC3CCCCC3OC)c(=O)[nH]c2=O)CCCC1. The molecule has 0 radical (unpaired) electrons. The number of hydrogen-bond acceptors (Lipinski definition) is 6. The summed E-state index contributed by atoms with van der Waals surface area (Å²) in [6, 6.07) is -0.0636. The van der Waals surface area contributed by atoms with E-state index in [2.05, 4.69) is 9.98 Å². The maximum Gasteiger partial charge on any atom is 0.335 e. The third kappa shape index (κ3) is 4.00. The zero-order chi connectivity index (χ0) is 19.4. The molecule has 0 spiro atoms. The summed E-state index contributed by atoms with van der Waals surface area (Å²) in [5.41, 5.74) is -0.765. The summed E-state index contributed by atoms with van der Waals surface area (Å²) in [7, 11) is 3.20. The Morgan fingerprint density at radius 2 is 1.89 bits per heavy atom. The van der Waals surface area contributed by atoms with Gasteiger partial charge >= 0.3 is 5.69 Å². The normalized spacial score (nSPS) is 23.8. The summed E-state index contributed by atoms with van der Waals surface area (Å²) in [6.07, 6.45) is 8.42. The molecule has 1 fully saturated rings. The molecule has 2 aliphatic rings. The lowest BCUT2D eigenvalue weighted by Gasteiger charge is -2.27. The van der Waals surface area contributed by atoms with Gasteiger partial charge in [-0.25, -0.2) is 9.36 Å². The number of methoxy groups -OCH3 is 2. The number of aliphatic imine (C=N–C) groups is 1. The average molecular weight is 377 g/mol. The Bertz CT molecular complexity index is 852. The van der Waals surface area contributed by atoms with Crippen LogP contribution in [0.1, 0.15) is 56.9 Å². The van der Waals surface area contributed by atoms with Crippen LogP contribution in [0.4, 0.5) is 0 Å². The molecule has 0 aliphatic heterocycles. The number of allylic oxidation sites excluding steroid dienone is 2. The summed E-state index contributed by atoms with van der Waals surface area (Å²) >= 11 is 0. The third-order valence-corrected chi connectivity index (χ3v) is 5.39. The Morgan fingerprint density at radius 1 is 1.15 bits per heavy atom. The molecule has 0 saturated heterocycles. The van der Waals surface area contributed by atoms with Crippen LogP contribution in [0, 0.1) is 0 Å². The van der Waals surface area contributed by atoms with Gasteiger partial charge in [0, 0.05) is 19.7 Å². The number of nitrogens with one attached hydrogen (secondary N) is 1. The lowest BCUT2D eigenvalue weighted by molar-refractivity contribution is 0.0555. The van der Waals surface area contributed by atoms with E-state index in [0.29, 0.717) is 24.3 Å². The van der Waals surface area contributed by atoms with E-state index in [4.69, 9.17) is 9.47 Å². The van der Waals surface area contributed by atoms with Gasteiger partial charge in [0.25, 0.3) is 5.56 Å². The van der Waals surface area contributed by atoms with Crippen LogP contribution in [0.2, 0.25) is 0 Å². The second-order valence-electron chi connectivity index (χ2n) is 7.02. The van der Waals surface area contributed by atoms with Crippen molar-refractivity contribution in [2.24, 2.45) is 4.99 Å². The minimum absolute atomic E-state index is 0.00303. The minimum Gasteiger partial charge on any atom is -0.499 e. The van der Waals surface area contributed by atoms with Crippen molar-refractivity contribution in [1.82, 2.24) is 9.55 Å². The fourth-order valence-corrected chi connectivity index (χ4v) is 3.92. The summed E-state index contributed by atoms with van der Waals surface area (Å²) in [4.78, 5) is 31.4. The highest BCUT2D eigenvalue weighted by molar-refractivity contribution is 5.82. The fraction of sp³-hybridized carbons (Fsp3) is 0.632. The molecule has 0 aromatic carbocycles. The van der Waals surface area contributed by atoms with Gasteiger partial charge < -0.3 is 14.6 Å². The number of nitrogens with zero attached hydrogens (tertiary/aromatic N) is 2. The molecule has 1 heterocycles. The van der Waals surface area contributed by atoms with Gasteiger partial charge in [-0.2, -0.15) is 0 Å². The first-order chi connectivity index (χ1) is 13.1. The summed E-state index contributed by atoms with van der Waals surface area (Å²) < 4.78 is 12.0. The van der Waals surface area contributed by atoms with E-state index >= 15 is 0 Å². The van der Waals surface area contributed by atoms with Gasteiger partial charge in [0.1, 0.15) is 11.3 Å². The average Bonchev–Trinajstić information content (AvgIpc) is 2.68. The van der Waals surface area contributed by atoms with Crippen molar-refractivity contribution in [2.45, 2.75) is 63.5 Å². The number of ether oxygens (including phenoxy) is 2. The first kappa shape index (κ1) is 19.4. The van der Waals surface area contributed by atoms with E-state index in [1.807, 2.05) is 0 Å². The van der Waals surface area contributed by atoms with Crippen LogP contribution < -0.4 is 11.2 Å². The molecule has 148 valence electrons. The van der Waals surface area contributed by atoms with E-state index in [9.17, 15) is 14.7 Å². The summed E-state index contributed by atoms with van der Waals surface area (Å²) in [5.74, 6) is 0.254. The standard InChI is InChI=1S/C19H27N3O5/c1-26-15-9-5-3-7-13(15)20-11-12-17(23)21-19(25)22(18(12)24)14-8-4-6-10-16(14)27-2/h11,13,15,24H,3-10H2,1-2H3,(H,21,23,25). The fourth-order valence-electron chi connectivity index (χ4n) is 3.92. The topological polar surface area (TPSA) is 106 Å². The molecule has 8 nitrogen and oxygen atoms in total. The minimum atomic E-state index is -0.673. The Hall–Kier alpha value is -2.35. The molecule has 3 rings (SSSR count). The lowest BCUT2D eigenvalue weighted by atomic mass is 9.93. The van der Waals surface area contributed by atoms with Gasteiger partial charge in [0.15, 0.2) is 0 Å². The smallest absolute Gasteiger partial charge is 0.335 e. The molecule has 1 aromatic rings. The first-order valence-electron chi connectivity index (χ1n) is 9.47. The maximum atomic E-state index is 12.4. The molecule has 2 N–H and O–H groups in total. The van der Waals surface area contributed by atoms with Crippen LogP contribution in [0.25, 0.3) is 5.70 Å². The van der Waals surface area contributed by atoms with Crippen LogP contribution in [-0.4, -0.2) is 47.2 Å². The van der Waals surface area contributed by atoms with Gasteiger partial charge in [0.2, 0.25) is 5.88 Å². The Balaban J connectivity index is 2.02. The number of rotatable bonds is 5. The highest BCUT2D eigenvalue weighted by atomic mass is 16.5.